The van der Waals surface area contributed by atoms with Crippen LogP contribution in [-0.4, -0.2) is 28.3 Å². The Morgan fingerprint density at radius 1 is 0.906 bits per heavy atom. The number of fused-ring (bicyclic) bond motifs is 1. The van der Waals surface area contributed by atoms with Crippen molar-refractivity contribution in [3.8, 4) is 0 Å². The molecule has 3 aromatic carbocycles. The number of carbonyl (C=O) groups is 2. The van der Waals surface area contributed by atoms with E-state index in [0.717, 1.165) is 15.8 Å². The fourth-order valence-electron chi connectivity index (χ4n) is 3.45. The number of anilines is 1. The monoisotopic (exact) mass is 427 g/mol. The molecular weight excluding hydrogens is 406 g/mol. The maximum atomic E-state index is 12.6. The highest BCUT2D eigenvalue weighted by Gasteiger charge is 2.18. The van der Waals surface area contributed by atoms with Gasteiger partial charge >= 0.3 is 5.97 Å². The third kappa shape index (κ3) is 4.57. The summed E-state index contributed by atoms with van der Waals surface area (Å²) in [4.78, 5) is 37.3. The highest BCUT2D eigenvalue weighted by atomic mass is 16.5. The Morgan fingerprint density at radius 3 is 2.34 bits per heavy atom. The van der Waals surface area contributed by atoms with Gasteiger partial charge in [-0.15, -0.1) is 0 Å². The van der Waals surface area contributed by atoms with Crippen LogP contribution < -0.4 is 10.9 Å². The summed E-state index contributed by atoms with van der Waals surface area (Å²) in [5, 5.41) is 7.57. The topological polar surface area (TPSA) is 90.3 Å². The molecule has 0 saturated carbocycles. The van der Waals surface area contributed by atoms with Crippen LogP contribution >= 0.6 is 0 Å². The third-order valence-electron chi connectivity index (χ3n) is 5.01. The lowest BCUT2D eigenvalue weighted by Gasteiger charge is -2.12. The van der Waals surface area contributed by atoms with Gasteiger partial charge in [0.2, 0.25) is 0 Å². The number of rotatable bonds is 6. The molecule has 1 aromatic heterocycles. The second-order valence-electron chi connectivity index (χ2n) is 7.27. The van der Waals surface area contributed by atoms with Crippen LogP contribution in [0.25, 0.3) is 10.8 Å². The average Bonchev–Trinajstić information content (AvgIpc) is 2.82. The molecule has 0 aliphatic rings. The number of amides is 1. The molecule has 0 unspecified atom stereocenters. The van der Waals surface area contributed by atoms with Gasteiger partial charge in [-0.2, -0.15) is 5.10 Å². The zero-order valence-electron chi connectivity index (χ0n) is 17.4. The first kappa shape index (κ1) is 21.0. The van der Waals surface area contributed by atoms with Gasteiger partial charge in [0.1, 0.15) is 0 Å². The summed E-state index contributed by atoms with van der Waals surface area (Å²) in [5.41, 5.74) is 2.39. The molecule has 0 radical (unpaired) electrons. The number of hydrogen-bond donors (Lipinski definition) is 1. The number of hydrogen-bond acceptors (Lipinski definition) is 5. The molecule has 160 valence electrons. The Labute approximate surface area is 184 Å². The number of nitrogens with zero attached hydrogens (tertiary/aromatic N) is 2. The van der Waals surface area contributed by atoms with Gasteiger partial charge in [-0.05, 0) is 29.7 Å². The van der Waals surface area contributed by atoms with Crippen LogP contribution in [0, 0.1) is 0 Å². The van der Waals surface area contributed by atoms with Gasteiger partial charge in [0.25, 0.3) is 11.5 Å². The maximum absolute atomic E-state index is 12.6. The summed E-state index contributed by atoms with van der Waals surface area (Å²) in [7, 11) is 1.46. The first-order valence-corrected chi connectivity index (χ1v) is 10.1. The molecule has 1 heterocycles. The van der Waals surface area contributed by atoms with Gasteiger partial charge in [-0.1, -0.05) is 66.7 Å². The van der Waals surface area contributed by atoms with E-state index in [1.165, 1.54) is 7.05 Å². The Balaban J connectivity index is 1.46. The molecule has 4 rings (SSSR count). The van der Waals surface area contributed by atoms with Crippen LogP contribution in [0.2, 0.25) is 0 Å². The standard InChI is InChI=1S/C25H21N3O4/c1-28-24(30)20-13-7-6-12-19(20)23(27-28)25(31)32-16-22(29)26-21-14-8-5-11-18(21)15-17-9-3-2-4-10-17/h2-14H,15-16H2,1H3,(H,26,29). The minimum absolute atomic E-state index is 0.0139. The highest BCUT2D eigenvalue weighted by molar-refractivity contribution is 6.03. The zero-order chi connectivity index (χ0) is 22.5. The minimum Gasteiger partial charge on any atom is -0.451 e. The molecule has 7 heteroatoms. The lowest BCUT2D eigenvalue weighted by atomic mass is 10.0. The van der Waals surface area contributed by atoms with Crippen LogP contribution in [0.15, 0.2) is 83.7 Å². The first-order valence-electron chi connectivity index (χ1n) is 10.1. The van der Waals surface area contributed by atoms with Crippen LogP contribution in [0.5, 0.6) is 0 Å². The predicted molar refractivity (Wildman–Crippen MR) is 122 cm³/mol. The van der Waals surface area contributed by atoms with E-state index in [0.29, 0.717) is 22.9 Å². The van der Waals surface area contributed by atoms with E-state index < -0.39 is 18.5 Å². The van der Waals surface area contributed by atoms with E-state index in [4.69, 9.17) is 4.74 Å². The number of carbonyl (C=O) groups excluding carboxylic acids is 2. The Kier molecular flexibility index (Phi) is 6.07. The van der Waals surface area contributed by atoms with E-state index in [2.05, 4.69) is 10.4 Å². The van der Waals surface area contributed by atoms with Crippen molar-refractivity contribution in [1.82, 2.24) is 9.78 Å². The van der Waals surface area contributed by atoms with Crippen molar-refractivity contribution in [1.29, 1.82) is 0 Å². The van der Waals surface area contributed by atoms with Crippen molar-refractivity contribution in [2.24, 2.45) is 7.05 Å². The van der Waals surface area contributed by atoms with Gasteiger partial charge in [0, 0.05) is 18.1 Å². The van der Waals surface area contributed by atoms with Crippen LogP contribution in [0.3, 0.4) is 0 Å². The summed E-state index contributed by atoms with van der Waals surface area (Å²) in [6.07, 6.45) is 0.658. The molecule has 1 N–H and O–H groups in total. The zero-order valence-corrected chi connectivity index (χ0v) is 17.4. The van der Waals surface area contributed by atoms with E-state index in [1.54, 1.807) is 30.3 Å². The van der Waals surface area contributed by atoms with Crippen LogP contribution in [0.1, 0.15) is 21.6 Å². The van der Waals surface area contributed by atoms with Crippen molar-refractivity contribution in [3.63, 3.8) is 0 Å². The number of para-hydroxylation sites is 1. The molecule has 7 nitrogen and oxygen atoms in total. The van der Waals surface area contributed by atoms with E-state index in [-0.39, 0.29) is 11.3 Å². The predicted octanol–water partition coefficient (Wildman–Crippen LogP) is 3.32. The van der Waals surface area contributed by atoms with Gasteiger partial charge in [0.15, 0.2) is 12.3 Å². The lowest BCUT2D eigenvalue weighted by Crippen LogP contribution is -2.26. The summed E-state index contributed by atoms with van der Waals surface area (Å²) < 4.78 is 6.28. The summed E-state index contributed by atoms with van der Waals surface area (Å²) in [5.74, 6) is -1.24. The van der Waals surface area contributed by atoms with Crippen molar-refractivity contribution in [3.05, 3.63) is 106 Å². The molecule has 32 heavy (non-hydrogen) atoms. The van der Waals surface area contributed by atoms with E-state index in [1.807, 2.05) is 48.5 Å². The third-order valence-corrected chi connectivity index (χ3v) is 5.01. The molecule has 0 spiro atoms. The largest absolute Gasteiger partial charge is 0.451 e. The first-order chi connectivity index (χ1) is 15.5. The van der Waals surface area contributed by atoms with Gasteiger partial charge in [-0.25, -0.2) is 9.48 Å². The van der Waals surface area contributed by atoms with E-state index >= 15 is 0 Å². The molecule has 0 fully saturated rings. The van der Waals surface area contributed by atoms with Crippen LogP contribution in [-0.2, 0) is 23.0 Å². The number of ether oxygens (including phenoxy) is 1. The fourth-order valence-corrected chi connectivity index (χ4v) is 3.45. The number of nitrogens with one attached hydrogen (secondary N) is 1. The van der Waals surface area contributed by atoms with Crippen molar-refractivity contribution < 1.29 is 14.3 Å². The molecule has 0 aliphatic carbocycles. The van der Waals surface area contributed by atoms with Crippen molar-refractivity contribution in [2.45, 2.75) is 6.42 Å². The SMILES string of the molecule is Cn1nc(C(=O)OCC(=O)Nc2ccccc2Cc2ccccc2)c2ccccc2c1=O. The molecular formula is C25H21N3O4. The number of aromatic nitrogens is 2. The molecule has 4 aromatic rings. The maximum Gasteiger partial charge on any atom is 0.359 e. The smallest absolute Gasteiger partial charge is 0.359 e. The molecule has 0 aliphatic heterocycles. The molecule has 0 saturated heterocycles. The normalized spacial score (nSPS) is 10.7. The number of esters is 1. The highest BCUT2D eigenvalue weighted by Crippen LogP contribution is 2.19. The van der Waals surface area contributed by atoms with Gasteiger partial charge in [-0.3, -0.25) is 9.59 Å². The number of aryl methyl sites for hydroxylation is 1. The van der Waals surface area contributed by atoms with Gasteiger partial charge < -0.3 is 10.1 Å². The Morgan fingerprint density at radius 2 is 1.56 bits per heavy atom. The van der Waals surface area contributed by atoms with Crippen molar-refractivity contribution >= 4 is 28.3 Å². The second kappa shape index (κ2) is 9.26. The lowest BCUT2D eigenvalue weighted by molar-refractivity contribution is -0.119. The van der Waals surface area contributed by atoms with Crippen LogP contribution in [0.4, 0.5) is 5.69 Å². The Bertz CT molecular complexity index is 1350. The second-order valence-corrected chi connectivity index (χ2v) is 7.27. The van der Waals surface area contributed by atoms with Crippen molar-refractivity contribution in [2.75, 3.05) is 11.9 Å². The number of benzene rings is 3. The average molecular weight is 427 g/mol. The minimum atomic E-state index is -0.774. The summed E-state index contributed by atoms with van der Waals surface area (Å²) in [6, 6.07) is 24.1. The molecule has 0 bridgehead atoms. The summed E-state index contributed by atoms with van der Waals surface area (Å²) in [6.45, 7) is -0.475. The van der Waals surface area contributed by atoms with E-state index in [9.17, 15) is 14.4 Å². The quantitative estimate of drug-likeness (QED) is 0.477. The fraction of sp³-hybridized carbons (Fsp3) is 0.120. The molecule has 0 atom stereocenters. The van der Waals surface area contributed by atoms with Gasteiger partial charge in [0.05, 0.1) is 5.39 Å². The molecule has 1 amide bonds. The Hall–Kier alpha value is -4.26. The summed E-state index contributed by atoms with van der Waals surface area (Å²) >= 11 is 0.